The van der Waals surface area contributed by atoms with Crippen molar-refractivity contribution in [2.24, 2.45) is 5.92 Å². The van der Waals surface area contributed by atoms with Crippen LogP contribution in [0.25, 0.3) is 0 Å². The first-order valence-electron chi connectivity index (χ1n) is 5.63. The van der Waals surface area contributed by atoms with Crippen LogP contribution in [0.15, 0.2) is 28.7 Å². The van der Waals surface area contributed by atoms with E-state index in [0.717, 1.165) is 29.5 Å². The molecule has 0 radical (unpaired) electrons. The Balaban J connectivity index is 2.19. The summed E-state index contributed by atoms with van der Waals surface area (Å²) < 4.78 is 21.1. The maximum atomic E-state index is 14.7. The molecular weight excluding hydrogens is 271 g/mol. The van der Waals surface area contributed by atoms with Gasteiger partial charge in [-0.1, -0.05) is 28.1 Å². The summed E-state index contributed by atoms with van der Waals surface area (Å²) in [5, 5.41) is 0. The molecule has 0 saturated carbocycles. The maximum absolute atomic E-state index is 14.7. The van der Waals surface area contributed by atoms with Gasteiger partial charge in [-0.3, -0.25) is 0 Å². The van der Waals surface area contributed by atoms with Crippen molar-refractivity contribution in [2.75, 3.05) is 13.2 Å². The first-order valence-corrected chi connectivity index (χ1v) is 6.42. The molecule has 1 fully saturated rings. The highest BCUT2D eigenvalue weighted by molar-refractivity contribution is 9.10. The average Bonchev–Trinajstić information content (AvgIpc) is 2.31. The molecule has 2 unspecified atom stereocenters. The lowest BCUT2D eigenvalue weighted by Gasteiger charge is -2.33. The van der Waals surface area contributed by atoms with Gasteiger partial charge >= 0.3 is 0 Å². The number of alkyl halides is 1. The maximum Gasteiger partial charge on any atom is 0.138 e. The van der Waals surface area contributed by atoms with Crippen molar-refractivity contribution in [1.29, 1.82) is 0 Å². The van der Waals surface area contributed by atoms with Crippen LogP contribution in [-0.2, 0) is 10.4 Å². The molecule has 0 aliphatic carbocycles. The Kier molecular flexibility index (Phi) is 3.65. The molecule has 1 aromatic carbocycles. The van der Waals surface area contributed by atoms with Crippen molar-refractivity contribution >= 4 is 15.9 Å². The molecule has 3 heteroatoms. The van der Waals surface area contributed by atoms with Gasteiger partial charge in [-0.2, -0.15) is 0 Å². The molecule has 0 N–H and O–H groups in total. The molecule has 0 aromatic heterocycles. The third-order valence-corrected chi connectivity index (χ3v) is 3.86. The molecule has 1 saturated heterocycles. The topological polar surface area (TPSA) is 9.23 Å². The molecule has 1 nitrogen and oxygen atoms in total. The summed E-state index contributed by atoms with van der Waals surface area (Å²) in [4.78, 5) is 0. The number of hydrogen-bond acceptors (Lipinski definition) is 1. The first kappa shape index (κ1) is 12.1. The molecule has 1 aliphatic rings. The molecule has 88 valence electrons. The minimum absolute atomic E-state index is 0.0255. The lowest BCUT2D eigenvalue weighted by atomic mass is 9.81. The van der Waals surface area contributed by atoms with Crippen LogP contribution >= 0.6 is 15.9 Å². The van der Waals surface area contributed by atoms with Crippen LogP contribution in [0.3, 0.4) is 0 Å². The number of rotatable bonds is 2. The molecule has 0 spiro atoms. The Morgan fingerprint density at radius 2 is 2.06 bits per heavy atom. The Bertz CT molecular complexity index is 341. The summed E-state index contributed by atoms with van der Waals surface area (Å²) in [5.74, 6) is -0.0255. The minimum Gasteiger partial charge on any atom is -0.381 e. The lowest BCUT2D eigenvalue weighted by Crippen LogP contribution is -2.33. The van der Waals surface area contributed by atoms with Crippen LogP contribution < -0.4 is 0 Å². The van der Waals surface area contributed by atoms with Crippen molar-refractivity contribution in [3.63, 3.8) is 0 Å². The van der Waals surface area contributed by atoms with Gasteiger partial charge < -0.3 is 4.74 Å². The predicted octanol–water partition coefficient (Wildman–Crippen LogP) is 4.06. The van der Waals surface area contributed by atoms with E-state index >= 15 is 0 Å². The smallest absolute Gasteiger partial charge is 0.138 e. The minimum atomic E-state index is -1.29. The molecule has 1 aliphatic heterocycles. The lowest BCUT2D eigenvalue weighted by molar-refractivity contribution is -0.0232. The molecule has 16 heavy (non-hydrogen) atoms. The first-order chi connectivity index (χ1) is 7.60. The zero-order valence-electron chi connectivity index (χ0n) is 9.38. The highest BCUT2D eigenvalue weighted by Gasteiger charge is 2.37. The fourth-order valence-electron chi connectivity index (χ4n) is 2.18. The van der Waals surface area contributed by atoms with Crippen LogP contribution in [0.2, 0.25) is 0 Å². The summed E-state index contributed by atoms with van der Waals surface area (Å²) in [7, 11) is 0. The molecule has 0 amide bonds. The number of halogens is 2. The van der Waals surface area contributed by atoms with Gasteiger partial charge in [0.1, 0.15) is 5.67 Å². The SMILES string of the molecule is CC(F)(c1ccc(Br)cc1)C1CCCOC1. The monoisotopic (exact) mass is 286 g/mol. The van der Waals surface area contributed by atoms with Crippen molar-refractivity contribution < 1.29 is 9.13 Å². The van der Waals surface area contributed by atoms with Crippen LogP contribution in [-0.4, -0.2) is 13.2 Å². The largest absolute Gasteiger partial charge is 0.381 e. The predicted molar refractivity (Wildman–Crippen MR) is 66.1 cm³/mol. The van der Waals surface area contributed by atoms with E-state index < -0.39 is 5.67 Å². The zero-order chi connectivity index (χ0) is 11.6. The Morgan fingerprint density at radius 3 is 2.62 bits per heavy atom. The Labute approximate surface area is 104 Å². The van der Waals surface area contributed by atoms with E-state index in [4.69, 9.17) is 4.74 Å². The summed E-state index contributed by atoms with van der Waals surface area (Å²) in [6.07, 6.45) is 1.86. The molecule has 2 rings (SSSR count). The van der Waals surface area contributed by atoms with Crippen LogP contribution in [0.5, 0.6) is 0 Å². The summed E-state index contributed by atoms with van der Waals surface area (Å²) in [6, 6.07) is 7.46. The van der Waals surface area contributed by atoms with E-state index in [0.29, 0.717) is 6.61 Å². The highest BCUT2D eigenvalue weighted by atomic mass is 79.9. The fraction of sp³-hybridized carbons (Fsp3) is 0.538. The van der Waals surface area contributed by atoms with Gasteiger partial charge in [-0.05, 0) is 37.5 Å². The number of ether oxygens (including phenoxy) is 1. The molecule has 2 atom stereocenters. The van der Waals surface area contributed by atoms with Crippen LogP contribution in [0.1, 0.15) is 25.3 Å². The normalized spacial score (nSPS) is 25.1. The molecular formula is C13H16BrFO. The van der Waals surface area contributed by atoms with Gasteiger partial charge in [0, 0.05) is 17.0 Å². The fourth-order valence-corrected chi connectivity index (χ4v) is 2.44. The second-order valence-electron chi connectivity index (χ2n) is 4.50. The Morgan fingerprint density at radius 1 is 1.38 bits per heavy atom. The van der Waals surface area contributed by atoms with E-state index in [-0.39, 0.29) is 5.92 Å². The molecule has 0 bridgehead atoms. The Hall–Kier alpha value is -0.410. The van der Waals surface area contributed by atoms with Gasteiger partial charge in [0.2, 0.25) is 0 Å². The van der Waals surface area contributed by atoms with Crippen molar-refractivity contribution in [2.45, 2.75) is 25.4 Å². The number of benzene rings is 1. The van der Waals surface area contributed by atoms with Gasteiger partial charge in [-0.25, -0.2) is 4.39 Å². The van der Waals surface area contributed by atoms with E-state index in [2.05, 4.69) is 15.9 Å². The van der Waals surface area contributed by atoms with Gasteiger partial charge in [0.15, 0.2) is 0 Å². The van der Waals surface area contributed by atoms with Crippen molar-refractivity contribution in [1.82, 2.24) is 0 Å². The summed E-state index contributed by atoms with van der Waals surface area (Å²) >= 11 is 3.36. The quantitative estimate of drug-likeness (QED) is 0.797. The number of hydrogen-bond donors (Lipinski definition) is 0. The third-order valence-electron chi connectivity index (χ3n) is 3.34. The van der Waals surface area contributed by atoms with Crippen LogP contribution in [0.4, 0.5) is 4.39 Å². The highest BCUT2D eigenvalue weighted by Crippen LogP contribution is 2.38. The van der Waals surface area contributed by atoms with E-state index in [9.17, 15) is 4.39 Å². The van der Waals surface area contributed by atoms with E-state index in [1.54, 1.807) is 6.92 Å². The van der Waals surface area contributed by atoms with Gasteiger partial charge in [0.25, 0.3) is 0 Å². The second-order valence-corrected chi connectivity index (χ2v) is 5.41. The summed E-state index contributed by atoms with van der Waals surface area (Å²) in [5.41, 5.74) is -0.549. The van der Waals surface area contributed by atoms with Gasteiger partial charge in [-0.15, -0.1) is 0 Å². The summed E-state index contributed by atoms with van der Waals surface area (Å²) in [6.45, 7) is 2.96. The van der Waals surface area contributed by atoms with E-state index in [1.165, 1.54) is 0 Å². The van der Waals surface area contributed by atoms with Crippen LogP contribution in [0, 0.1) is 5.92 Å². The van der Waals surface area contributed by atoms with Gasteiger partial charge in [0.05, 0.1) is 6.61 Å². The van der Waals surface area contributed by atoms with Crippen molar-refractivity contribution in [3.8, 4) is 0 Å². The molecule has 1 heterocycles. The average molecular weight is 287 g/mol. The zero-order valence-corrected chi connectivity index (χ0v) is 11.0. The third kappa shape index (κ3) is 2.46. The van der Waals surface area contributed by atoms with E-state index in [1.807, 2.05) is 24.3 Å². The standard InChI is InChI=1S/C13H16BrFO/c1-13(15,11-3-2-8-16-9-11)10-4-6-12(14)7-5-10/h4-7,11H,2-3,8-9H2,1H3. The second kappa shape index (κ2) is 4.84. The van der Waals surface area contributed by atoms with Crippen molar-refractivity contribution in [3.05, 3.63) is 34.3 Å². The molecule has 1 aromatic rings.